The minimum atomic E-state index is -1.19. The molecule has 510 valence electrons. The summed E-state index contributed by atoms with van der Waals surface area (Å²) in [6.45, 7) is 16.9. The van der Waals surface area contributed by atoms with Crippen molar-refractivity contribution in [1.82, 2.24) is 40.9 Å². The smallest absolute Gasteiger partial charge is 0.410 e. The maximum absolute atomic E-state index is 14.8. The summed E-state index contributed by atoms with van der Waals surface area (Å²) in [6, 6.07) is 9.02. The van der Waals surface area contributed by atoms with Crippen molar-refractivity contribution in [3.8, 4) is 0 Å². The second-order valence-corrected chi connectivity index (χ2v) is 25.2. The van der Waals surface area contributed by atoms with Crippen LogP contribution in [0.5, 0.6) is 0 Å². The van der Waals surface area contributed by atoms with E-state index >= 15 is 0 Å². The third-order valence-electron chi connectivity index (χ3n) is 17.4. The Bertz CT molecular complexity index is 2820. The van der Waals surface area contributed by atoms with E-state index in [2.05, 4.69) is 26.6 Å². The number of nitrogens with zero attached hydrogens (tertiary/aromatic N) is 4. The molecule has 25 nitrogen and oxygen atoms in total. The number of nitrogens with one attached hydrogen (secondary N) is 5. The SMILES string of the molecule is CC[C@H](C)[C@@H]([C@@H](CC(=O)N1CCC[C@H]1[C@H](OC)[C@@H](C)C(=O)N[C@@H](Cc1ccccc1)C(=O)O)OC)N(C)C(=O)[C@@H](NC(=O)C(C(C)C)N(C)C(=O)OCc1ccc(NC(=O)[C@H](CCCN)NC(=O)[C@@H](NC(=O)CCCCCN2C(=O)C=CC2=O)C(C)C)cc1)C(C)C. The van der Waals surface area contributed by atoms with E-state index in [0.717, 1.165) is 10.5 Å². The third kappa shape index (κ3) is 22.2. The Kier molecular flexibility index (Phi) is 31.4. The molecular weight excluding hydrogens is 1180 g/mol. The number of benzene rings is 2. The van der Waals surface area contributed by atoms with E-state index in [0.29, 0.717) is 62.7 Å². The average molecular weight is 1290 g/mol. The predicted molar refractivity (Wildman–Crippen MR) is 346 cm³/mol. The minimum absolute atomic E-state index is 0.0804. The molecule has 2 aliphatic rings. The Balaban J connectivity index is 1.36. The van der Waals surface area contributed by atoms with E-state index in [1.54, 1.807) is 109 Å². The number of methoxy groups -OCH3 is 2. The van der Waals surface area contributed by atoms with E-state index in [1.807, 2.05) is 19.9 Å². The van der Waals surface area contributed by atoms with Crippen LogP contribution >= 0.6 is 0 Å². The summed E-state index contributed by atoms with van der Waals surface area (Å²) >= 11 is 0. The topological polar surface area (TPSA) is 335 Å². The van der Waals surface area contributed by atoms with Gasteiger partial charge in [0, 0.05) is 72.1 Å². The second-order valence-electron chi connectivity index (χ2n) is 25.2. The predicted octanol–water partition coefficient (Wildman–Crippen LogP) is 4.94. The number of likely N-dealkylation sites (N-methyl/N-ethyl adjacent to an activating group) is 2. The highest BCUT2D eigenvalue weighted by atomic mass is 16.6. The number of ether oxygens (including phenoxy) is 3. The van der Waals surface area contributed by atoms with Crippen LogP contribution in [0.1, 0.15) is 138 Å². The number of aliphatic carboxylic acids is 1. The van der Waals surface area contributed by atoms with Gasteiger partial charge in [-0.1, -0.05) is 118 Å². The number of likely N-dealkylation sites (tertiary alicyclic amines) is 1. The lowest BCUT2D eigenvalue weighted by molar-refractivity contribution is -0.148. The highest BCUT2D eigenvalue weighted by Crippen LogP contribution is 2.30. The molecule has 1 fully saturated rings. The lowest BCUT2D eigenvalue weighted by atomic mass is 9.89. The van der Waals surface area contributed by atoms with E-state index in [-0.39, 0.29) is 80.8 Å². The van der Waals surface area contributed by atoms with Gasteiger partial charge in [-0.15, -0.1) is 0 Å². The van der Waals surface area contributed by atoms with Crippen molar-refractivity contribution in [3.63, 3.8) is 0 Å². The number of carboxylic acid groups (broad SMARTS) is 1. The molecule has 8 N–H and O–H groups in total. The minimum Gasteiger partial charge on any atom is -0.480 e. The standard InChI is InChI=1S/C67H102N10O15/c1-14-43(8)59(51(90-12)38-55(81)76-36-22-26-50(76)60(91-13)44(9)61(82)71-49(66(87)88)37-45-23-17-15-18-24-45)74(10)65(86)57(41(4)5)73-64(85)58(42(6)7)75(11)67(89)92-39-46-28-30-47(31-29-46)69-62(83)48(25-21-34-68)70-63(84)56(40(2)3)72-52(78)27-19-16-20-35-77-53(79)32-33-54(77)80/h15,17-18,23-24,28-33,40-44,48-51,56-60H,14,16,19-22,25-27,34-39,68H2,1-13H3,(H,69,83)(H,70,84)(H,71,82)(H,72,78)(H,73,85)(H,87,88)/t43-,44+,48-,49-,50-,51+,56-,57-,58?,59-,60+/m0/s1. The highest BCUT2D eigenvalue weighted by molar-refractivity contribution is 6.12. The zero-order chi connectivity index (χ0) is 68.5. The zero-order valence-corrected chi connectivity index (χ0v) is 56.1. The average Bonchev–Trinajstić information content (AvgIpc) is 2.13. The second kappa shape index (κ2) is 37.7. The van der Waals surface area contributed by atoms with E-state index < -0.39 is 114 Å². The van der Waals surface area contributed by atoms with Gasteiger partial charge in [-0.2, -0.15) is 0 Å². The molecule has 11 atom stereocenters. The van der Waals surface area contributed by atoms with Crippen molar-refractivity contribution in [2.45, 2.75) is 194 Å². The number of anilines is 1. The van der Waals surface area contributed by atoms with E-state index in [4.69, 9.17) is 19.9 Å². The lowest BCUT2D eigenvalue weighted by Crippen LogP contribution is -2.60. The molecule has 10 amide bonds. The van der Waals surface area contributed by atoms with Gasteiger partial charge in [0.2, 0.25) is 41.4 Å². The molecule has 4 rings (SSSR count). The van der Waals surface area contributed by atoms with Gasteiger partial charge >= 0.3 is 12.1 Å². The molecule has 2 aromatic rings. The molecule has 0 spiro atoms. The number of carbonyl (C=O) groups is 11. The van der Waals surface area contributed by atoms with Gasteiger partial charge < -0.3 is 61.4 Å². The first-order valence-corrected chi connectivity index (χ1v) is 32.2. The van der Waals surface area contributed by atoms with Gasteiger partial charge in [0.25, 0.3) is 11.8 Å². The van der Waals surface area contributed by atoms with Gasteiger partial charge in [-0.25, -0.2) is 9.59 Å². The van der Waals surface area contributed by atoms with Crippen LogP contribution in [0.15, 0.2) is 66.7 Å². The first-order valence-electron chi connectivity index (χ1n) is 32.2. The Morgan fingerprint density at radius 2 is 1.33 bits per heavy atom. The normalized spacial score (nSPS) is 17.2. The Hall–Kier alpha value is -7.77. The summed E-state index contributed by atoms with van der Waals surface area (Å²) in [5, 5.41) is 24.0. The van der Waals surface area contributed by atoms with Crippen molar-refractivity contribution in [2.75, 3.05) is 53.3 Å². The van der Waals surface area contributed by atoms with Crippen LogP contribution in [0.2, 0.25) is 0 Å². The molecule has 1 unspecified atom stereocenters. The van der Waals surface area contributed by atoms with Crippen LogP contribution in [0, 0.1) is 29.6 Å². The van der Waals surface area contributed by atoms with Crippen LogP contribution in [0.25, 0.3) is 0 Å². The van der Waals surface area contributed by atoms with E-state index in [9.17, 15) is 57.8 Å². The number of rotatable bonds is 38. The Labute approximate surface area is 542 Å². The third-order valence-corrected chi connectivity index (χ3v) is 17.4. The fourth-order valence-electron chi connectivity index (χ4n) is 11.8. The monoisotopic (exact) mass is 1290 g/mol. The first-order chi connectivity index (χ1) is 43.6. The fraction of sp³-hybridized carbons (Fsp3) is 0.627. The number of carbonyl (C=O) groups excluding carboxylic acids is 10. The summed E-state index contributed by atoms with van der Waals surface area (Å²) < 4.78 is 17.7. The van der Waals surface area contributed by atoms with Crippen molar-refractivity contribution >= 4 is 70.9 Å². The van der Waals surface area contributed by atoms with Crippen LogP contribution in [-0.4, -0.2) is 192 Å². The number of unbranched alkanes of at least 4 members (excludes halogenated alkanes) is 2. The number of imide groups is 1. The highest BCUT2D eigenvalue weighted by Gasteiger charge is 2.44. The molecule has 0 bridgehead atoms. The molecule has 0 aliphatic carbocycles. The van der Waals surface area contributed by atoms with Crippen LogP contribution < -0.4 is 32.3 Å². The number of carboxylic acids is 1. The van der Waals surface area contributed by atoms with Gasteiger partial charge in [-0.05, 0) is 92.0 Å². The summed E-state index contributed by atoms with van der Waals surface area (Å²) in [5.41, 5.74) is 7.47. The number of nitrogens with two attached hydrogens (primary N) is 1. The molecule has 2 heterocycles. The molecule has 2 aromatic carbocycles. The van der Waals surface area contributed by atoms with Crippen LogP contribution in [0.4, 0.5) is 10.5 Å². The molecule has 92 heavy (non-hydrogen) atoms. The van der Waals surface area contributed by atoms with Gasteiger partial charge in [-0.3, -0.25) is 53.0 Å². The van der Waals surface area contributed by atoms with Crippen LogP contribution in [0.3, 0.4) is 0 Å². The van der Waals surface area contributed by atoms with E-state index in [1.165, 1.54) is 43.2 Å². The molecule has 0 saturated carbocycles. The van der Waals surface area contributed by atoms with Crippen molar-refractivity contribution in [3.05, 3.63) is 77.9 Å². The van der Waals surface area contributed by atoms with Crippen molar-refractivity contribution in [1.29, 1.82) is 0 Å². The van der Waals surface area contributed by atoms with Gasteiger partial charge in [0.15, 0.2) is 0 Å². The molecule has 0 radical (unpaired) electrons. The maximum Gasteiger partial charge on any atom is 0.410 e. The molecule has 25 heteroatoms. The Morgan fingerprint density at radius 3 is 1.89 bits per heavy atom. The van der Waals surface area contributed by atoms with Gasteiger partial charge in [0.1, 0.15) is 36.8 Å². The zero-order valence-electron chi connectivity index (χ0n) is 56.1. The lowest BCUT2D eigenvalue weighted by Gasteiger charge is -2.41. The number of amides is 10. The summed E-state index contributed by atoms with van der Waals surface area (Å²) in [5.74, 6) is -7.37. The van der Waals surface area contributed by atoms with Crippen LogP contribution in [-0.2, 0) is 75.2 Å². The fourth-order valence-corrected chi connectivity index (χ4v) is 11.8. The molecule has 1 saturated heterocycles. The maximum atomic E-state index is 14.8. The number of hydrogen-bond acceptors (Lipinski definition) is 15. The molecular formula is C67H102N10O15. The summed E-state index contributed by atoms with van der Waals surface area (Å²) in [7, 11) is 6.00. The number of hydrogen-bond donors (Lipinski definition) is 7. The summed E-state index contributed by atoms with van der Waals surface area (Å²) in [6.07, 6.45) is 4.10. The molecule has 2 aliphatic heterocycles. The van der Waals surface area contributed by atoms with Gasteiger partial charge in [0.05, 0.1) is 36.6 Å². The quantitative estimate of drug-likeness (QED) is 0.0346. The Morgan fingerprint density at radius 1 is 0.696 bits per heavy atom. The largest absolute Gasteiger partial charge is 0.480 e. The van der Waals surface area contributed by atoms with Crippen molar-refractivity contribution < 1.29 is 72.1 Å². The summed E-state index contributed by atoms with van der Waals surface area (Å²) in [4.78, 5) is 153. The molecule has 0 aromatic heterocycles. The van der Waals surface area contributed by atoms with Crippen molar-refractivity contribution in [2.24, 2.45) is 35.3 Å². The first kappa shape index (κ1) is 76.7.